The van der Waals surface area contributed by atoms with E-state index in [1.165, 1.54) is 24.0 Å². The number of amides is 1. The van der Waals surface area contributed by atoms with Gasteiger partial charge in [-0.15, -0.1) is 0 Å². The Hall–Kier alpha value is -2.89. The molecule has 0 bridgehead atoms. The van der Waals surface area contributed by atoms with Crippen LogP contribution >= 0.6 is 0 Å². The van der Waals surface area contributed by atoms with Gasteiger partial charge in [0.05, 0.1) is 24.5 Å². The number of fused-ring (bicyclic) bond motifs is 1. The fraction of sp³-hybridized carbons (Fsp3) is 0.409. The van der Waals surface area contributed by atoms with Crippen molar-refractivity contribution in [3.63, 3.8) is 0 Å². The predicted octanol–water partition coefficient (Wildman–Crippen LogP) is 3.87. The molecule has 2 aromatic heterocycles. The number of carbonyl (C=O) groups is 1. The molecule has 0 spiro atoms. The largest absolute Gasteiger partial charge is 0.496 e. The van der Waals surface area contributed by atoms with Crippen LogP contribution in [0.15, 0.2) is 24.4 Å². The number of nitrogens with two attached hydrogens (primary N) is 1. The van der Waals surface area contributed by atoms with Crippen molar-refractivity contribution in [2.24, 2.45) is 5.73 Å². The van der Waals surface area contributed by atoms with Crippen LogP contribution in [0.25, 0.3) is 22.3 Å². The Balaban J connectivity index is 1.82. The lowest BCUT2D eigenvalue weighted by atomic mass is 10.00. The number of benzene rings is 1. The fourth-order valence-electron chi connectivity index (χ4n) is 3.96. The lowest BCUT2D eigenvalue weighted by Gasteiger charge is -2.14. The molecule has 1 aromatic carbocycles. The minimum atomic E-state index is -0.277. The van der Waals surface area contributed by atoms with Gasteiger partial charge in [-0.05, 0) is 67.9 Å². The van der Waals surface area contributed by atoms with Gasteiger partial charge >= 0.3 is 0 Å². The lowest BCUT2D eigenvalue weighted by Crippen LogP contribution is -2.12. The van der Waals surface area contributed by atoms with E-state index >= 15 is 0 Å². The van der Waals surface area contributed by atoms with E-state index in [9.17, 15) is 4.79 Å². The summed E-state index contributed by atoms with van der Waals surface area (Å²) in [4.78, 5) is 16.0. The zero-order valence-electron chi connectivity index (χ0n) is 16.7. The molecule has 6 nitrogen and oxygen atoms in total. The molecule has 4 rings (SSSR count). The number of rotatable bonds is 7. The van der Waals surface area contributed by atoms with Crippen molar-refractivity contribution in [2.75, 3.05) is 7.11 Å². The third-order valence-corrected chi connectivity index (χ3v) is 5.34. The summed E-state index contributed by atoms with van der Waals surface area (Å²) >= 11 is 0. The number of hydrogen-bond acceptors (Lipinski definition) is 4. The SMILES string of the molecule is COc1c(C)cc(C)cc1-c1cc(C2CC2)c2c(cnn2CCCC(N)=O)n1. The van der Waals surface area contributed by atoms with Crippen LogP contribution < -0.4 is 10.5 Å². The summed E-state index contributed by atoms with van der Waals surface area (Å²) in [5, 5.41) is 4.55. The van der Waals surface area contributed by atoms with Gasteiger partial charge in [-0.2, -0.15) is 5.10 Å². The zero-order chi connectivity index (χ0) is 19.8. The van der Waals surface area contributed by atoms with E-state index in [0.29, 0.717) is 25.3 Å². The van der Waals surface area contributed by atoms with Gasteiger partial charge in [0.15, 0.2) is 0 Å². The molecule has 1 aliphatic rings. The highest BCUT2D eigenvalue weighted by Crippen LogP contribution is 2.45. The van der Waals surface area contributed by atoms with Crippen molar-refractivity contribution >= 4 is 16.9 Å². The van der Waals surface area contributed by atoms with Gasteiger partial charge in [0.25, 0.3) is 0 Å². The van der Waals surface area contributed by atoms with E-state index in [2.05, 4.69) is 37.1 Å². The molecule has 0 radical (unpaired) electrons. The van der Waals surface area contributed by atoms with Gasteiger partial charge in [0.1, 0.15) is 11.3 Å². The normalized spacial score (nSPS) is 13.8. The maximum absolute atomic E-state index is 11.1. The van der Waals surface area contributed by atoms with Crippen molar-refractivity contribution in [3.05, 3.63) is 41.1 Å². The molecule has 2 heterocycles. The van der Waals surface area contributed by atoms with Crippen LogP contribution in [-0.4, -0.2) is 27.8 Å². The second-order valence-electron chi connectivity index (χ2n) is 7.71. The van der Waals surface area contributed by atoms with Gasteiger partial charge in [-0.25, -0.2) is 4.98 Å². The number of aromatic nitrogens is 3. The summed E-state index contributed by atoms with van der Waals surface area (Å²) in [7, 11) is 1.71. The summed E-state index contributed by atoms with van der Waals surface area (Å²) in [5.74, 6) is 1.14. The Kier molecular flexibility index (Phi) is 4.79. The molecular weight excluding hydrogens is 352 g/mol. The highest BCUT2D eigenvalue weighted by molar-refractivity contribution is 5.84. The number of carbonyl (C=O) groups excluding carboxylic acids is 1. The third-order valence-electron chi connectivity index (χ3n) is 5.34. The van der Waals surface area contributed by atoms with Gasteiger partial charge in [-0.3, -0.25) is 9.48 Å². The summed E-state index contributed by atoms with van der Waals surface area (Å²) in [5.41, 5.74) is 12.8. The first kappa shape index (κ1) is 18.5. The Labute approximate surface area is 164 Å². The van der Waals surface area contributed by atoms with Gasteiger partial charge in [0, 0.05) is 18.5 Å². The number of pyridine rings is 1. The van der Waals surface area contributed by atoms with Crippen molar-refractivity contribution < 1.29 is 9.53 Å². The van der Waals surface area contributed by atoms with Gasteiger partial charge in [0.2, 0.25) is 5.91 Å². The summed E-state index contributed by atoms with van der Waals surface area (Å²) < 4.78 is 7.66. The quantitative estimate of drug-likeness (QED) is 0.676. The highest BCUT2D eigenvalue weighted by Gasteiger charge is 2.28. The van der Waals surface area contributed by atoms with E-state index in [0.717, 1.165) is 33.6 Å². The molecule has 1 saturated carbocycles. The van der Waals surface area contributed by atoms with Crippen LogP contribution in [-0.2, 0) is 11.3 Å². The van der Waals surface area contributed by atoms with E-state index in [1.54, 1.807) is 7.11 Å². The van der Waals surface area contributed by atoms with Crippen molar-refractivity contribution in [1.29, 1.82) is 0 Å². The fourth-order valence-corrected chi connectivity index (χ4v) is 3.96. The summed E-state index contributed by atoms with van der Waals surface area (Å²) in [6, 6.07) is 6.45. The predicted molar refractivity (Wildman–Crippen MR) is 109 cm³/mol. The van der Waals surface area contributed by atoms with Crippen molar-refractivity contribution in [1.82, 2.24) is 14.8 Å². The van der Waals surface area contributed by atoms with Crippen LogP contribution in [0.1, 0.15) is 48.3 Å². The molecule has 0 saturated heterocycles. The number of aryl methyl sites for hydroxylation is 3. The van der Waals surface area contributed by atoms with Crippen molar-refractivity contribution in [2.45, 2.75) is 52.0 Å². The molecule has 2 N–H and O–H groups in total. The van der Waals surface area contributed by atoms with Crippen LogP contribution in [0.2, 0.25) is 0 Å². The average molecular weight is 378 g/mol. The lowest BCUT2D eigenvalue weighted by molar-refractivity contribution is -0.118. The second-order valence-corrected chi connectivity index (χ2v) is 7.71. The molecule has 6 heteroatoms. The first-order valence-electron chi connectivity index (χ1n) is 9.78. The first-order valence-corrected chi connectivity index (χ1v) is 9.78. The molecule has 1 fully saturated rings. The van der Waals surface area contributed by atoms with Gasteiger partial charge < -0.3 is 10.5 Å². The standard InChI is InChI=1S/C22H26N4O2/c1-13-9-14(2)22(28-3)17(10-13)18-11-16(15-6-7-15)21-19(25-18)12-24-26(21)8-4-5-20(23)27/h9-12,15H,4-8H2,1-3H3,(H2,23,27). The van der Waals surface area contributed by atoms with Crippen LogP contribution in [0.5, 0.6) is 5.75 Å². The number of primary amides is 1. The Morgan fingerprint density at radius 3 is 2.75 bits per heavy atom. The van der Waals surface area contributed by atoms with E-state index in [1.807, 2.05) is 10.9 Å². The third kappa shape index (κ3) is 3.46. The Bertz CT molecular complexity index is 1050. The molecular formula is C22H26N4O2. The van der Waals surface area contributed by atoms with Crippen LogP contribution in [0, 0.1) is 13.8 Å². The van der Waals surface area contributed by atoms with Crippen molar-refractivity contribution in [3.8, 4) is 17.0 Å². The highest BCUT2D eigenvalue weighted by atomic mass is 16.5. The molecule has 28 heavy (non-hydrogen) atoms. The Morgan fingerprint density at radius 2 is 2.07 bits per heavy atom. The number of hydrogen-bond donors (Lipinski definition) is 1. The van der Waals surface area contributed by atoms with Crippen LogP contribution in [0.3, 0.4) is 0 Å². The number of nitrogens with zero attached hydrogens (tertiary/aromatic N) is 3. The topological polar surface area (TPSA) is 83.0 Å². The average Bonchev–Trinajstić information content (AvgIpc) is 3.41. The molecule has 0 unspecified atom stereocenters. The number of methoxy groups -OCH3 is 1. The van der Waals surface area contributed by atoms with Crippen LogP contribution in [0.4, 0.5) is 0 Å². The minimum Gasteiger partial charge on any atom is -0.496 e. The van der Waals surface area contributed by atoms with E-state index < -0.39 is 0 Å². The summed E-state index contributed by atoms with van der Waals surface area (Å²) in [6.07, 6.45) is 5.25. The maximum atomic E-state index is 11.1. The van der Waals surface area contributed by atoms with E-state index in [4.69, 9.17) is 15.5 Å². The summed E-state index contributed by atoms with van der Waals surface area (Å²) in [6.45, 7) is 4.82. The molecule has 3 aromatic rings. The minimum absolute atomic E-state index is 0.277. The smallest absolute Gasteiger partial charge is 0.217 e. The molecule has 146 valence electrons. The first-order chi connectivity index (χ1) is 13.5. The van der Waals surface area contributed by atoms with Gasteiger partial charge in [-0.1, -0.05) is 6.07 Å². The molecule has 1 amide bonds. The molecule has 0 atom stereocenters. The monoisotopic (exact) mass is 378 g/mol. The zero-order valence-corrected chi connectivity index (χ0v) is 16.7. The maximum Gasteiger partial charge on any atom is 0.217 e. The second kappa shape index (κ2) is 7.26. The molecule has 0 aliphatic heterocycles. The Morgan fingerprint density at radius 1 is 1.29 bits per heavy atom. The number of ether oxygens (including phenoxy) is 1. The van der Waals surface area contributed by atoms with E-state index in [-0.39, 0.29) is 5.91 Å². The molecule has 1 aliphatic carbocycles.